The molecule has 0 saturated carbocycles. The Morgan fingerprint density at radius 3 is 2.19 bits per heavy atom. The van der Waals surface area contributed by atoms with Gasteiger partial charge in [-0.25, -0.2) is 4.79 Å². The van der Waals surface area contributed by atoms with Crippen LogP contribution in [0.15, 0.2) is 59.8 Å². The summed E-state index contributed by atoms with van der Waals surface area (Å²) in [5.41, 5.74) is -0.220. The zero-order valence-electron chi connectivity index (χ0n) is 28.0. The molecule has 11 heteroatoms. The highest BCUT2D eigenvalue weighted by Crippen LogP contribution is 2.36. The predicted molar refractivity (Wildman–Crippen MR) is 179 cm³/mol. The fourth-order valence-electron chi connectivity index (χ4n) is 5.80. The molecule has 5 atom stereocenters. The number of rotatable bonds is 18. The number of hydrogen-bond acceptors (Lipinski definition) is 11. The fourth-order valence-corrected chi connectivity index (χ4v) is 5.80. The Labute approximate surface area is 280 Å². The Kier molecular flexibility index (Phi) is 13.0. The van der Waals surface area contributed by atoms with Crippen molar-refractivity contribution in [1.29, 1.82) is 0 Å². The smallest absolute Gasteiger partial charge is 0.337 e. The van der Waals surface area contributed by atoms with Gasteiger partial charge in [-0.1, -0.05) is 67.5 Å². The summed E-state index contributed by atoms with van der Waals surface area (Å²) in [4.78, 5) is 57.9. The minimum Gasteiger partial charge on any atom is -0.469 e. The first-order valence-electron chi connectivity index (χ1n) is 16.4. The SMILES string of the molecule is CCC(C)(CC(CC(CC(C)C(=O)ON=Cc1c2ccccc2cc2ccccc12)C(=O)OCCCO)C(=O)OCC1CO1)C(=O)OC. The summed E-state index contributed by atoms with van der Waals surface area (Å²) in [7, 11) is 1.29. The molecule has 48 heavy (non-hydrogen) atoms. The topological polar surface area (TPSA) is 150 Å². The van der Waals surface area contributed by atoms with Crippen LogP contribution in [0.3, 0.4) is 0 Å². The molecule has 0 bridgehead atoms. The lowest BCUT2D eigenvalue weighted by Crippen LogP contribution is -2.36. The van der Waals surface area contributed by atoms with E-state index in [1.807, 2.05) is 55.5 Å². The van der Waals surface area contributed by atoms with Crippen LogP contribution in [0.4, 0.5) is 0 Å². The van der Waals surface area contributed by atoms with E-state index in [1.165, 1.54) is 13.3 Å². The first-order valence-corrected chi connectivity index (χ1v) is 16.4. The molecule has 1 heterocycles. The van der Waals surface area contributed by atoms with Gasteiger partial charge in [0.05, 0.1) is 49.7 Å². The highest BCUT2D eigenvalue weighted by Gasteiger charge is 2.41. The molecule has 3 aromatic rings. The van der Waals surface area contributed by atoms with E-state index in [0.29, 0.717) is 13.0 Å². The highest BCUT2D eigenvalue weighted by atomic mass is 16.7. The van der Waals surface area contributed by atoms with E-state index in [1.54, 1.807) is 13.8 Å². The molecule has 0 spiro atoms. The van der Waals surface area contributed by atoms with Gasteiger partial charge in [-0.05, 0) is 60.2 Å². The molecule has 0 radical (unpaired) electrons. The second-order valence-corrected chi connectivity index (χ2v) is 12.6. The largest absolute Gasteiger partial charge is 0.469 e. The van der Waals surface area contributed by atoms with Crippen LogP contribution in [0.1, 0.15) is 58.4 Å². The number of oxime groups is 1. The van der Waals surface area contributed by atoms with Crippen LogP contribution in [0, 0.1) is 23.2 Å². The van der Waals surface area contributed by atoms with Gasteiger partial charge in [-0.15, -0.1) is 0 Å². The van der Waals surface area contributed by atoms with Gasteiger partial charge >= 0.3 is 23.9 Å². The molecule has 1 N–H and O–H groups in total. The molecule has 1 saturated heterocycles. The van der Waals surface area contributed by atoms with Crippen molar-refractivity contribution in [1.82, 2.24) is 0 Å². The zero-order chi connectivity index (χ0) is 34.7. The Bertz CT molecular complexity index is 1560. The lowest BCUT2D eigenvalue weighted by atomic mass is 9.75. The minimum atomic E-state index is -1.02. The van der Waals surface area contributed by atoms with Crippen molar-refractivity contribution < 1.29 is 48.1 Å². The number of aliphatic hydroxyl groups excluding tert-OH is 1. The molecular weight excluding hydrogens is 618 g/mol. The molecule has 3 aromatic carbocycles. The second-order valence-electron chi connectivity index (χ2n) is 12.6. The lowest BCUT2D eigenvalue weighted by Gasteiger charge is -2.30. The van der Waals surface area contributed by atoms with Crippen molar-refractivity contribution in [3.63, 3.8) is 0 Å². The number of esters is 3. The number of ether oxygens (including phenoxy) is 4. The second kappa shape index (κ2) is 17.2. The molecule has 1 fully saturated rings. The first kappa shape index (κ1) is 36.5. The molecular formula is C37H45NO10. The van der Waals surface area contributed by atoms with Crippen molar-refractivity contribution in [2.75, 3.05) is 33.5 Å². The van der Waals surface area contributed by atoms with Crippen LogP contribution in [-0.4, -0.2) is 74.8 Å². The number of methoxy groups -OCH3 is 1. The molecule has 11 nitrogen and oxygen atoms in total. The number of nitrogens with zero attached hydrogens (tertiary/aromatic N) is 1. The summed E-state index contributed by atoms with van der Waals surface area (Å²) >= 11 is 0. The lowest BCUT2D eigenvalue weighted by molar-refractivity contribution is -0.158. The Morgan fingerprint density at radius 2 is 1.60 bits per heavy atom. The van der Waals surface area contributed by atoms with Crippen LogP contribution >= 0.6 is 0 Å². The van der Waals surface area contributed by atoms with Crippen molar-refractivity contribution in [3.05, 3.63) is 60.2 Å². The molecule has 0 aromatic heterocycles. The maximum absolute atomic E-state index is 13.4. The van der Waals surface area contributed by atoms with Crippen LogP contribution in [0.25, 0.3) is 21.5 Å². The number of hydrogen-bond donors (Lipinski definition) is 1. The average molecular weight is 664 g/mol. The van der Waals surface area contributed by atoms with Gasteiger partial charge in [0.25, 0.3) is 0 Å². The number of benzene rings is 3. The average Bonchev–Trinajstić information content (AvgIpc) is 3.93. The number of carbonyl (C=O) groups is 4. The molecule has 0 amide bonds. The van der Waals surface area contributed by atoms with Gasteiger partial charge in [-0.3, -0.25) is 14.4 Å². The number of fused-ring (bicyclic) bond motifs is 2. The quantitative estimate of drug-likeness (QED) is 0.0275. The van der Waals surface area contributed by atoms with Gasteiger partial charge in [0, 0.05) is 18.6 Å². The fraction of sp³-hybridized carbons (Fsp3) is 0.486. The molecule has 1 aliphatic rings. The van der Waals surface area contributed by atoms with Crippen LogP contribution < -0.4 is 0 Å². The summed E-state index contributed by atoms with van der Waals surface area (Å²) in [6, 6.07) is 17.8. The van der Waals surface area contributed by atoms with Gasteiger partial charge in [0.1, 0.15) is 12.7 Å². The molecule has 5 unspecified atom stereocenters. The predicted octanol–water partition coefficient (Wildman–Crippen LogP) is 5.37. The third kappa shape index (κ3) is 9.60. The first-order chi connectivity index (χ1) is 23.1. The van der Waals surface area contributed by atoms with E-state index < -0.39 is 47.0 Å². The number of aliphatic hydroxyl groups is 1. The third-order valence-electron chi connectivity index (χ3n) is 8.93. The van der Waals surface area contributed by atoms with Gasteiger partial charge in [-0.2, -0.15) is 0 Å². The summed E-state index contributed by atoms with van der Waals surface area (Å²) in [5, 5.41) is 17.2. The summed E-state index contributed by atoms with van der Waals surface area (Å²) in [5.74, 6) is -4.98. The molecule has 1 aliphatic heterocycles. The Morgan fingerprint density at radius 1 is 0.979 bits per heavy atom. The van der Waals surface area contributed by atoms with E-state index in [2.05, 4.69) is 11.2 Å². The summed E-state index contributed by atoms with van der Waals surface area (Å²) in [6.07, 6.45) is 1.96. The Hall–Kier alpha value is -4.35. The number of carbonyl (C=O) groups excluding carboxylic acids is 4. The van der Waals surface area contributed by atoms with Crippen LogP contribution in [0.2, 0.25) is 0 Å². The maximum Gasteiger partial charge on any atom is 0.337 e. The maximum atomic E-state index is 13.4. The monoisotopic (exact) mass is 663 g/mol. The van der Waals surface area contributed by atoms with Gasteiger partial charge in [0.15, 0.2) is 0 Å². The Balaban J connectivity index is 1.52. The third-order valence-corrected chi connectivity index (χ3v) is 8.93. The molecule has 258 valence electrons. The van der Waals surface area contributed by atoms with Gasteiger partial charge < -0.3 is 28.9 Å². The summed E-state index contributed by atoms with van der Waals surface area (Å²) < 4.78 is 21.1. The van der Waals surface area contributed by atoms with E-state index in [4.69, 9.17) is 23.8 Å². The van der Waals surface area contributed by atoms with E-state index in [0.717, 1.165) is 27.1 Å². The normalized spacial score (nSPS) is 17.3. The van der Waals surface area contributed by atoms with Crippen LogP contribution in [0.5, 0.6) is 0 Å². The summed E-state index contributed by atoms with van der Waals surface area (Å²) in [6.45, 7) is 5.49. The van der Waals surface area contributed by atoms with E-state index in [-0.39, 0.29) is 51.6 Å². The van der Waals surface area contributed by atoms with Crippen molar-refractivity contribution in [2.24, 2.45) is 28.3 Å². The minimum absolute atomic E-state index is 0.0138. The van der Waals surface area contributed by atoms with Gasteiger partial charge in [0.2, 0.25) is 0 Å². The zero-order valence-corrected chi connectivity index (χ0v) is 28.0. The van der Waals surface area contributed by atoms with Crippen molar-refractivity contribution in [3.8, 4) is 0 Å². The standard InChI is InChI=1S/C37H45NO10/c1-5-37(3,36(43)44-4)20-28(35(42)47-23-29-22-46-29)19-27(34(41)45-16-10-15-39)17-24(2)33(40)48-38-21-32-30-13-8-6-11-25(30)18-26-12-7-9-14-31(26)32/h6-9,11-14,18,21,24,27-29,39H,5,10,15-17,19-20,22-23H2,1-4H3. The van der Waals surface area contributed by atoms with E-state index in [9.17, 15) is 24.3 Å². The number of epoxide rings is 1. The highest BCUT2D eigenvalue weighted by molar-refractivity contribution is 6.13. The van der Waals surface area contributed by atoms with Crippen LogP contribution in [-0.2, 0) is 43.0 Å². The molecule has 4 rings (SSSR count). The molecule has 0 aliphatic carbocycles. The van der Waals surface area contributed by atoms with Crippen molar-refractivity contribution in [2.45, 2.75) is 59.0 Å². The van der Waals surface area contributed by atoms with Crippen molar-refractivity contribution >= 4 is 51.6 Å². The van der Waals surface area contributed by atoms with E-state index >= 15 is 0 Å².